The summed E-state index contributed by atoms with van der Waals surface area (Å²) >= 11 is 0. The van der Waals surface area contributed by atoms with Gasteiger partial charge in [-0.25, -0.2) is 4.39 Å². The van der Waals surface area contributed by atoms with Gasteiger partial charge in [0.15, 0.2) is 0 Å². The molecule has 0 aliphatic rings. The normalized spacial score (nSPS) is 11.1. The molecule has 29 heavy (non-hydrogen) atoms. The minimum Gasteiger partial charge on any atom is -0.348 e. The first-order valence-corrected chi connectivity index (χ1v) is 10.5. The van der Waals surface area contributed by atoms with Crippen molar-refractivity contribution >= 4 is 0 Å². The van der Waals surface area contributed by atoms with Crippen LogP contribution in [0.5, 0.6) is 0 Å². The summed E-state index contributed by atoms with van der Waals surface area (Å²) < 4.78 is 13.9. The molecule has 160 valence electrons. The van der Waals surface area contributed by atoms with E-state index in [0.29, 0.717) is 12.1 Å². The van der Waals surface area contributed by atoms with Crippen molar-refractivity contribution in [3.05, 3.63) is 96.7 Å². The number of nitrogens with zero attached hydrogens (tertiary/aromatic N) is 1. The van der Waals surface area contributed by atoms with Gasteiger partial charge in [-0.3, -0.25) is 0 Å². The molecule has 0 spiro atoms. The van der Waals surface area contributed by atoms with Crippen molar-refractivity contribution in [3.63, 3.8) is 0 Å². The van der Waals surface area contributed by atoms with E-state index in [9.17, 15) is 4.39 Å². The molecular formula is C26H39FN2. The Morgan fingerprint density at radius 2 is 1.86 bits per heavy atom. The number of nitrogens with one attached hydrogen (secondary N) is 1. The zero-order valence-corrected chi connectivity index (χ0v) is 18.8. The maximum absolute atomic E-state index is 13.9. The summed E-state index contributed by atoms with van der Waals surface area (Å²) in [5, 5.41) is 3.29. The molecule has 0 aromatic heterocycles. The van der Waals surface area contributed by atoms with Crippen LogP contribution < -0.4 is 5.32 Å². The fourth-order valence-corrected chi connectivity index (χ4v) is 2.35. The van der Waals surface area contributed by atoms with Crippen molar-refractivity contribution in [2.45, 2.75) is 53.5 Å². The van der Waals surface area contributed by atoms with E-state index in [1.165, 1.54) is 11.6 Å². The van der Waals surface area contributed by atoms with Gasteiger partial charge in [0.2, 0.25) is 0 Å². The molecule has 1 rings (SSSR count). The Morgan fingerprint density at radius 3 is 2.41 bits per heavy atom. The summed E-state index contributed by atoms with van der Waals surface area (Å²) in [4.78, 5) is 2.01. The highest BCUT2D eigenvalue weighted by Crippen LogP contribution is 2.15. The van der Waals surface area contributed by atoms with Crippen LogP contribution in [0.2, 0.25) is 0 Å². The highest BCUT2D eigenvalue weighted by molar-refractivity contribution is 5.19. The van der Waals surface area contributed by atoms with Crippen LogP contribution in [0.1, 0.15) is 52.5 Å². The molecule has 1 N–H and O–H groups in total. The standard InChI is InChI=1S/C19H27FN2.C7H12/c1-4-6-7-10-15-22(17(3)13-14-21-5-2)16-18-11-8-9-12-19(18)20;1-4-6-7(3)5-2/h6-12,15,21H,3-5,13-14,16H2,1-2H3;4,6H,3,5H2,1-2H3/b7-6+,15-10+;6-4-. The minimum atomic E-state index is -0.176. The van der Waals surface area contributed by atoms with Crippen molar-refractivity contribution in [1.82, 2.24) is 10.2 Å². The lowest BCUT2D eigenvalue weighted by molar-refractivity contribution is 0.426. The van der Waals surface area contributed by atoms with E-state index in [1.807, 2.05) is 54.5 Å². The number of hydrogen-bond acceptors (Lipinski definition) is 2. The molecule has 0 aliphatic carbocycles. The van der Waals surface area contributed by atoms with Gasteiger partial charge in [-0.15, -0.1) is 0 Å². The van der Waals surface area contributed by atoms with E-state index in [4.69, 9.17) is 0 Å². The van der Waals surface area contributed by atoms with Crippen LogP contribution in [0.25, 0.3) is 0 Å². The molecule has 0 bridgehead atoms. The zero-order valence-electron chi connectivity index (χ0n) is 18.8. The third kappa shape index (κ3) is 13.4. The average Bonchev–Trinajstić information content (AvgIpc) is 2.72. The van der Waals surface area contributed by atoms with Gasteiger partial charge in [0.05, 0.1) is 6.54 Å². The summed E-state index contributed by atoms with van der Waals surface area (Å²) in [5.41, 5.74) is 2.85. The number of allylic oxidation sites excluding steroid dienone is 6. The Morgan fingerprint density at radius 1 is 1.14 bits per heavy atom. The van der Waals surface area contributed by atoms with Crippen molar-refractivity contribution in [1.29, 1.82) is 0 Å². The third-order valence-electron chi connectivity index (χ3n) is 4.15. The molecule has 2 nitrogen and oxygen atoms in total. The lowest BCUT2D eigenvalue weighted by Crippen LogP contribution is -2.21. The molecule has 0 radical (unpaired) electrons. The van der Waals surface area contributed by atoms with Crippen molar-refractivity contribution in [3.8, 4) is 0 Å². The predicted octanol–water partition coefficient (Wildman–Crippen LogP) is 7.15. The van der Waals surface area contributed by atoms with Gasteiger partial charge in [-0.05, 0) is 44.9 Å². The second-order valence-corrected chi connectivity index (χ2v) is 6.58. The van der Waals surface area contributed by atoms with Crippen LogP contribution in [0.4, 0.5) is 4.39 Å². The number of benzene rings is 1. The molecule has 3 heteroatoms. The summed E-state index contributed by atoms with van der Waals surface area (Å²) in [6.45, 7) is 18.5. The maximum Gasteiger partial charge on any atom is 0.128 e. The Kier molecular flexibility index (Phi) is 16.2. The Bertz CT molecular complexity index is 671. The van der Waals surface area contributed by atoms with Crippen LogP contribution in [0.3, 0.4) is 0 Å². The highest BCUT2D eigenvalue weighted by Gasteiger charge is 2.08. The molecule has 0 amide bonds. The van der Waals surface area contributed by atoms with Crippen LogP contribution in [-0.2, 0) is 6.54 Å². The van der Waals surface area contributed by atoms with E-state index >= 15 is 0 Å². The third-order valence-corrected chi connectivity index (χ3v) is 4.15. The van der Waals surface area contributed by atoms with Gasteiger partial charge >= 0.3 is 0 Å². The second kappa shape index (κ2) is 17.7. The van der Waals surface area contributed by atoms with Crippen molar-refractivity contribution < 1.29 is 4.39 Å². The summed E-state index contributed by atoms with van der Waals surface area (Å²) in [6, 6.07) is 6.88. The minimum absolute atomic E-state index is 0.176. The molecule has 0 saturated heterocycles. The van der Waals surface area contributed by atoms with E-state index in [-0.39, 0.29) is 5.82 Å². The molecular weight excluding hydrogens is 359 g/mol. The smallest absolute Gasteiger partial charge is 0.128 e. The van der Waals surface area contributed by atoms with E-state index < -0.39 is 0 Å². The van der Waals surface area contributed by atoms with Crippen molar-refractivity contribution in [2.75, 3.05) is 13.1 Å². The Hall–Kier alpha value is -2.39. The van der Waals surface area contributed by atoms with Crippen LogP contribution in [0.15, 0.2) is 85.3 Å². The molecule has 1 aromatic rings. The monoisotopic (exact) mass is 398 g/mol. The Labute approximate surface area is 178 Å². The molecule has 1 aromatic carbocycles. The van der Waals surface area contributed by atoms with Gasteiger partial charge in [0.25, 0.3) is 0 Å². The van der Waals surface area contributed by atoms with Crippen LogP contribution >= 0.6 is 0 Å². The number of rotatable bonds is 12. The lowest BCUT2D eigenvalue weighted by atomic mass is 10.2. The largest absolute Gasteiger partial charge is 0.348 e. The fourth-order valence-electron chi connectivity index (χ4n) is 2.35. The van der Waals surface area contributed by atoms with Gasteiger partial charge in [0.1, 0.15) is 5.82 Å². The van der Waals surface area contributed by atoms with E-state index in [0.717, 1.165) is 38.0 Å². The first-order valence-electron chi connectivity index (χ1n) is 10.5. The van der Waals surface area contributed by atoms with Gasteiger partial charge < -0.3 is 10.2 Å². The number of halogens is 1. The van der Waals surface area contributed by atoms with Crippen LogP contribution in [-0.4, -0.2) is 18.0 Å². The molecule has 0 aliphatic heterocycles. The summed E-state index contributed by atoms with van der Waals surface area (Å²) in [7, 11) is 0. The van der Waals surface area contributed by atoms with Gasteiger partial charge in [0, 0.05) is 24.0 Å². The molecule has 0 saturated carbocycles. The summed E-state index contributed by atoms with van der Waals surface area (Å²) in [5.74, 6) is -0.176. The highest BCUT2D eigenvalue weighted by atomic mass is 19.1. The quantitative estimate of drug-likeness (QED) is 0.297. The number of hydrogen-bond donors (Lipinski definition) is 1. The zero-order chi connectivity index (χ0) is 21.9. The predicted molar refractivity (Wildman–Crippen MR) is 127 cm³/mol. The maximum atomic E-state index is 13.9. The first-order chi connectivity index (χ1) is 14.0. The van der Waals surface area contributed by atoms with E-state index in [1.54, 1.807) is 6.07 Å². The molecule has 0 fully saturated rings. The van der Waals surface area contributed by atoms with Crippen LogP contribution in [0, 0.1) is 5.82 Å². The second-order valence-electron chi connectivity index (χ2n) is 6.58. The van der Waals surface area contributed by atoms with Gasteiger partial charge in [-0.2, -0.15) is 0 Å². The molecule has 0 unspecified atom stereocenters. The first kappa shape index (κ1) is 26.6. The Balaban J connectivity index is 0.000000956. The fraction of sp³-hybridized carbons (Fsp3) is 0.385. The van der Waals surface area contributed by atoms with E-state index in [2.05, 4.69) is 45.3 Å². The summed E-state index contributed by atoms with van der Waals surface area (Å²) in [6.07, 6.45) is 15.0. The molecule has 0 atom stereocenters. The average molecular weight is 399 g/mol. The SMILES string of the molecule is C=C(/C=C\C)CC.C=C(CCNCC)N(/C=C/C=C/CC)Cc1ccccc1F. The van der Waals surface area contributed by atoms with Gasteiger partial charge in [-0.1, -0.05) is 82.0 Å². The lowest BCUT2D eigenvalue weighted by Gasteiger charge is -2.23. The topological polar surface area (TPSA) is 15.3 Å². The van der Waals surface area contributed by atoms with Crippen molar-refractivity contribution in [2.24, 2.45) is 0 Å². The molecule has 0 heterocycles.